The second kappa shape index (κ2) is 6.56. The van der Waals surface area contributed by atoms with Crippen LogP contribution in [0.3, 0.4) is 0 Å². The first kappa shape index (κ1) is 14.6. The maximum absolute atomic E-state index is 6.50. The van der Waals surface area contributed by atoms with Crippen LogP contribution in [0.15, 0.2) is 18.2 Å². The molecule has 1 aliphatic rings. The summed E-state index contributed by atoms with van der Waals surface area (Å²) in [6.45, 7) is 6.67. The molecule has 0 amide bonds. The lowest BCUT2D eigenvalue weighted by Gasteiger charge is -2.32. The summed E-state index contributed by atoms with van der Waals surface area (Å²) in [5.74, 6) is 1.66. The van der Waals surface area contributed by atoms with Crippen LogP contribution in [0.1, 0.15) is 55.7 Å². The van der Waals surface area contributed by atoms with Crippen molar-refractivity contribution >= 4 is 0 Å². The van der Waals surface area contributed by atoms with Gasteiger partial charge in [-0.15, -0.1) is 0 Å². The van der Waals surface area contributed by atoms with Gasteiger partial charge >= 0.3 is 0 Å². The first-order valence-corrected chi connectivity index (χ1v) is 7.91. The van der Waals surface area contributed by atoms with Crippen molar-refractivity contribution < 1.29 is 0 Å². The molecule has 106 valence electrons. The molecule has 1 fully saturated rings. The van der Waals surface area contributed by atoms with Gasteiger partial charge in [0.1, 0.15) is 0 Å². The molecule has 0 aromatic heterocycles. The van der Waals surface area contributed by atoms with Gasteiger partial charge in [0.25, 0.3) is 0 Å². The van der Waals surface area contributed by atoms with Crippen LogP contribution < -0.4 is 5.73 Å². The summed E-state index contributed by atoms with van der Waals surface area (Å²) in [6, 6.07) is 7.18. The van der Waals surface area contributed by atoms with Crippen LogP contribution in [0.4, 0.5) is 0 Å². The second-order valence-corrected chi connectivity index (χ2v) is 6.56. The quantitative estimate of drug-likeness (QED) is 0.852. The maximum atomic E-state index is 6.50. The summed E-state index contributed by atoms with van der Waals surface area (Å²) in [5, 5.41) is 0. The van der Waals surface area contributed by atoms with Crippen LogP contribution in [0.2, 0.25) is 0 Å². The molecule has 0 aliphatic heterocycles. The van der Waals surface area contributed by atoms with Gasteiger partial charge in [-0.05, 0) is 50.5 Å². The van der Waals surface area contributed by atoms with Gasteiger partial charge in [-0.2, -0.15) is 0 Å². The van der Waals surface area contributed by atoms with E-state index in [0.29, 0.717) is 6.04 Å². The van der Waals surface area contributed by atoms with Crippen LogP contribution in [-0.4, -0.2) is 6.04 Å². The largest absolute Gasteiger partial charge is 0.327 e. The minimum absolute atomic E-state index is 0.343. The minimum Gasteiger partial charge on any atom is -0.327 e. The van der Waals surface area contributed by atoms with Crippen molar-refractivity contribution in [3.05, 3.63) is 34.9 Å². The SMILES string of the molecule is CCC1CCCC(C(N)Cc2cc(C)cc(C)c2)C1. The van der Waals surface area contributed by atoms with Crippen LogP contribution in [0.25, 0.3) is 0 Å². The lowest BCUT2D eigenvalue weighted by molar-refractivity contribution is 0.228. The summed E-state index contributed by atoms with van der Waals surface area (Å²) in [5.41, 5.74) is 10.6. The summed E-state index contributed by atoms with van der Waals surface area (Å²) in [6.07, 6.45) is 7.86. The van der Waals surface area contributed by atoms with Gasteiger partial charge in [0.15, 0.2) is 0 Å². The highest BCUT2D eigenvalue weighted by Gasteiger charge is 2.25. The first-order valence-electron chi connectivity index (χ1n) is 7.91. The average molecular weight is 259 g/mol. The van der Waals surface area contributed by atoms with Gasteiger partial charge in [-0.1, -0.05) is 55.5 Å². The highest BCUT2D eigenvalue weighted by Crippen LogP contribution is 2.33. The van der Waals surface area contributed by atoms with Crippen molar-refractivity contribution in [2.45, 2.75) is 65.3 Å². The van der Waals surface area contributed by atoms with E-state index >= 15 is 0 Å². The van der Waals surface area contributed by atoms with Crippen molar-refractivity contribution in [3.63, 3.8) is 0 Å². The third-order valence-corrected chi connectivity index (χ3v) is 4.76. The number of rotatable bonds is 4. The van der Waals surface area contributed by atoms with Crippen molar-refractivity contribution in [1.29, 1.82) is 0 Å². The Hall–Kier alpha value is -0.820. The Labute approximate surface area is 118 Å². The zero-order valence-electron chi connectivity index (χ0n) is 12.8. The van der Waals surface area contributed by atoms with Crippen LogP contribution in [0, 0.1) is 25.7 Å². The fraction of sp³-hybridized carbons (Fsp3) is 0.667. The molecule has 19 heavy (non-hydrogen) atoms. The van der Waals surface area contributed by atoms with Crippen LogP contribution in [0.5, 0.6) is 0 Å². The van der Waals surface area contributed by atoms with Gasteiger partial charge < -0.3 is 5.73 Å². The molecule has 1 saturated carbocycles. The number of nitrogens with two attached hydrogens (primary N) is 1. The molecular weight excluding hydrogens is 230 g/mol. The standard InChI is InChI=1S/C18H29N/c1-4-15-6-5-7-17(11-15)18(19)12-16-9-13(2)8-14(3)10-16/h8-10,15,17-18H,4-7,11-12,19H2,1-3H3. The predicted octanol–water partition coefficient (Wildman–Crippen LogP) is 4.39. The number of aryl methyl sites for hydroxylation is 2. The monoisotopic (exact) mass is 259 g/mol. The normalized spacial score (nSPS) is 25.3. The Bertz CT molecular complexity index is 390. The molecule has 1 aliphatic carbocycles. The van der Waals surface area contributed by atoms with Gasteiger partial charge in [0.2, 0.25) is 0 Å². The smallest absolute Gasteiger partial charge is 0.0108 e. The summed E-state index contributed by atoms with van der Waals surface area (Å²) in [4.78, 5) is 0. The predicted molar refractivity (Wildman–Crippen MR) is 83.3 cm³/mol. The van der Waals surface area contributed by atoms with E-state index in [1.807, 2.05) is 0 Å². The van der Waals surface area contributed by atoms with E-state index in [-0.39, 0.29) is 0 Å². The third kappa shape index (κ3) is 4.07. The molecule has 1 aromatic carbocycles. The summed E-state index contributed by atoms with van der Waals surface area (Å²) >= 11 is 0. The molecule has 0 saturated heterocycles. The van der Waals surface area contributed by atoms with Gasteiger partial charge in [-0.25, -0.2) is 0 Å². The Balaban J connectivity index is 1.98. The fourth-order valence-corrected chi connectivity index (χ4v) is 3.72. The fourth-order valence-electron chi connectivity index (χ4n) is 3.72. The zero-order chi connectivity index (χ0) is 13.8. The molecular formula is C18H29N. The first-order chi connectivity index (χ1) is 9.08. The Kier molecular flexibility index (Phi) is 5.04. The molecule has 1 aromatic rings. The van der Waals surface area contributed by atoms with Gasteiger partial charge in [0, 0.05) is 6.04 Å². The molecule has 1 heteroatoms. The van der Waals surface area contributed by atoms with Crippen molar-refractivity contribution in [3.8, 4) is 0 Å². The molecule has 0 radical (unpaired) electrons. The molecule has 0 bridgehead atoms. The zero-order valence-corrected chi connectivity index (χ0v) is 12.8. The molecule has 3 unspecified atom stereocenters. The Morgan fingerprint density at radius 1 is 1.16 bits per heavy atom. The van der Waals surface area contributed by atoms with Crippen molar-refractivity contribution in [2.24, 2.45) is 17.6 Å². The van der Waals surface area contributed by atoms with Crippen molar-refractivity contribution in [2.75, 3.05) is 0 Å². The Morgan fingerprint density at radius 2 is 1.84 bits per heavy atom. The van der Waals surface area contributed by atoms with E-state index in [2.05, 4.69) is 39.0 Å². The van der Waals surface area contributed by atoms with Gasteiger partial charge in [0.05, 0.1) is 0 Å². The third-order valence-electron chi connectivity index (χ3n) is 4.76. The number of hydrogen-bond acceptors (Lipinski definition) is 1. The minimum atomic E-state index is 0.343. The Morgan fingerprint density at radius 3 is 2.47 bits per heavy atom. The molecule has 3 atom stereocenters. The van der Waals surface area contributed by atoms with E-state index in [4.69, 9.17) is 5.73 Å². The summed E-state index contributed by atoms with van der Waals surface area (Å²) in [7, 11) is 0. The van der Waals surface area contributed by atoms with E-state index in [1.54, 1.807) is 0 Å². The summed E-state index contributed by atoms with van der Waals surface area (Å²) < 4.78 is 0. The van der Waals surface area contributed by atoms with Gasteiger partial charge in [-0.3, -0.25) is 0 Å². The maximum Gasteiger partial charge on any atom is 0.0108 e. The highest BCUT2D eigenvalue weighted by atomic mass is 14.7. The van der Waals surface area contributed by atoms with Crippen LogP contribution in [-0.2, 0) is 6.42 Å². The highest BCUT2D eigenvalue weighted by molar-refractivity contribution is 5.29. The van der Waals surface area contributed by atoms with E-state index in [0.717, 1.165) is 18.3 Å². The lowest BCUT2D eigenvalue weighted by atomic mass is 9.76. The lowest BCUT2D eigenvalue weighted by Crippen LogP contribution is -2.35. The molecule has 2 rings (SSSR count). The van der Waals surface area contributed by atoms with E-state index in [1.165, 1.54) is 48.8 Å². The second-order valence-electron chi connectivity index (χ2n) is 6.56. The van der Waals surface area contributed by atoms with E-state index < -0.39 is 0 Å². The van der Waals surface area contributed by atoms with Crippen LogP contribution >= 0.6 is 0 Å². The molecule has 2 N–H and O–H groups in total. The molecule has 0 spiro atoms. The van der Waals surface area contributed by atoms with Crippen molar-refractivity contribution in [1.82, 2.24) is 0 Å². The number of hydrogen-bond donors (Lipinski definition) is 1. The molecule has 0 heterocycles. The number of benzene rings is 1. The molecule has 1 nitrogen and oxygen atoms in total. The average Bonchev–Trinajstić information content (AvgIpc) is 2.37. The van der Waals surface area contributed by atoms with E-state index in [9.17, 15) is 0 Å². The topological polar surface area (TPSA) is 26.0 Å².